The molecule has 16 heavy (non-hydrogen) atoms. The molecule has 0 spiro atoms. The van der Waals surface area contributed by atoms with Crippen LogP contribution in [0.1, 0.15) is 19.4 Å². The van der Waals surface area contributed by atoms with E-state index in [9.17, 15) is 8.42 Å². The lowest BCUT2D eigenvalue weighted by Gasteiger charge is -2.09. The highest BCUT2D eigenvalue weighted by Crippen LogP contribution is 2.21. The number of halogens is 1. The molecule has 0 atom stereocenters. The van der Waals surface area contributed by atoms with Gasteiger partial charge in [-0.3, -0.25) is 0 Å². The predicted molar refractivity (Wildman–Crippen MR) is 64.8 cm³/mol. The second-order valence-corrected chi connectivity index (χ2v) is 5.78. The highest BCUT2D eigenvalue weighted by molar-refractivity contribution is 7.89. The van der Waals surface area contributed by atoms with Gasteiger partial charge in [0.1, 0.15) is 4.90 Å². The number of sulfonamides is 1. The van der Waals surface area contributed by atoms with Gasteiger partial charge in [0.05, 0.1) is 5.02 Å². The van der Waals surface area contributed by atoms with Crippen LogP contribution in [-0.4, -0.2) is 14.5 Å². The van der Waals surface area contributed by atoms with E-state index in [-0.39, 0.29) is 9.92 Å². The number of rotatable bonds is 4. The van der Waals surface area contributed by atoms with Gasteiger partial charge >= 0.3 is 0 Å². The van der Waals surface area contributed by atoms with Crippen LogP contribution in [0.3, 0.4) is 0 Å². The van der Waals surface area contributed by atoms with E-state index in [1.54, 1.807) is 12.1 Å². The lowest BCUT2D eigenvalue weighted by atomic mass is 10.2. The fourth-order valence-electron chi connectivity index (χ4n) is 1.20. The Morgan fingerprint density at radius 1 is 1.44 bits per heavy atom. The predicted octanol–water partition coefficient (Wildman–Crippen LogP) is 1.49. The van der Waals surface area contributed by atoms with E-state index in [2.05, 4.69) is 5.32 Å². The molecule has 90 valence electrons. The van der Waals surface area contributed by atoms with E-state index in [1.165, 1.54) is 6.07 Å². The Balaban J connectivity index is 2.99. The first kappa shape index (κ1) is 13.4. The summed E-state index contributed by atoms with van der Waals surface area (Å²) in [5, 5.41) is 8.38. The molecular formula is C10H15ClN2O2S. The highest BCUT2D eigenvalue weighted by Gasteiger charge is 2.13. The Bertz CT molecular complexity index is 472. The number of nitrogens with two attached hydrogens (primary N) is 1. The van der Waals surface area contributed by atoms with Crippen molar-refractivity contribution in [1.82, 2.24) is 5.32 Å². The second kappa shape index (κ2) is 5.14. The minimum absolute atomic E-state index is 0.0303. The van der Waals surface area contributed by atoms with Crippen molar-refractivity contribution in [2.24, 2.45) is 5.14 Å². The first-order valence-corrected chi connectivity index (χ1v) is 6.77. The van der Waals surface area contributed by atoms with Crippen molar-refractivity contribution in [3.63, 3.8) is 0 Å². The van der Waals surface area contributed by atoms with Crippen molar-refractivity contribution in [2.45, 2.75) is 31.3 Å². The molecular weight excluding hydrogens is 248 g/mol. The van der Waals surface area contributed by atoms with E-state index in [0.717, 1.165) is 5.56 Å². The van der Waals surface area contributed by atoms with Gasteiger partial charge in [0.25, 0.3) is 0 Å². The van der Waals surface area contributed by atoms with Crippen molar-refractivity contribution in [2.75, 3.05) is 0 Å². The van der Waals surface area contributed by atoms with E-state index >= 15 is 0 Å². The normalized spacial score (nSPS) is 12.1. The molecule has 0 heterocycles. The summed E-state index contributed by atoms with van der Waals surface area (Å²) < 4.78 is 22.4. The zero-order valence-electron chi connectivity index (χ0n) is 9.20. The smallest absolute Gasteiger partial charge is 0.239 e. The van der Waals surface area contributed by atoms with Crippen LogP contribution in [-0.2, 0) is 16.6 Å². The second-order valence-electron chi connectivity index (χ2n) is 3.85. The molecule has 4 nitrogen and oxygen atoms in total. The molecule has 0 saturated heterocycles. The van der Waals surface area contributed by atoms with Crippen molar-refractivity contribution >= 4 is 21.6 Å². The largest absolute Gasteiger partial charge is 0.310 e. The molecule has 0 radical (unpaired) electrons. The van der Waals surface area contributed by atoms with Gasteiger partial charge in [0, 0.05) is 12.6 Å². The molecule has 0 fully saturated rings. The molecule has 0 aromatic heterocycles. The summed E-state index contributed by atoms with van der Waals surface area (Å²) in [7, 11) is -3.75. The van der Waals surface area contributed by atoms with Gasteiger partial charge in [-0.05, 0) is 17.7 Å². The Kier molecular flexibility index (Phi) is 4.32. The standard InChI is InChI=1S/C10H15ClN2O2S/c1-7(2)13-6-8-3-4-9(11)10(5-8)16(12,14)15/h3-5,7,13H,6H2,1-2H3,(H2,12,14,15). The maximum atomic E-state index is 11.2. The van der Waals surface area contributed by atoms with Crippen LogP contribution >= 0.6 is 11.6 Å². The summed E-state index contributed by atoms with van der Waals surface area (Å²) in [4.78, 5) is -0.0303. The average Bonchev–Trinajstić information content (AvgIpc) is 2.14. The van der Waals surface area contributed by atoms with E-state index in [1.807, 2.05) is 13.8 Å². The summed E-state index contributed by atoms with van der Waals surface area (Å²) in [5.74, 6) is 0. The number of hydrogen-bond acceptors (Lipinski definition) is 3. The van der Waals surface area contributed by atoms with Crippen molar-refractivity contribution in [1.29, 1.82) is 0 Å². The minimum atomic E-state index is -3.75. The van der Waals surface area contributed by atoms with Crippen LogP contribution in [0.15, 0.2) is 23.1 Å². The SMILES string of the molecule is CC(C)NCc1ccc(Cl)c(S(N)(=O)=O)c1. The topological polar surface area (TPSA) is 72.2 Å². The van der Waals surface area contributed by atoms with Gasteiger partial charge in [-0.1, -0.05) is 31.5 Å². The number of hydrogen-bond donors (Lipinski definition) is 2. The highest BCUT2D eigenvalue weighted by atomic mass is 35.5. The third kappa shape index (κ3) is 3.75. The van der Waals surface area contributed by atoms with Crippen LogP contribution in [0.25, 0.3) is 0 Å². The van der Waals surface area contributed by atoms with Crippen molar-refractivity contribution < 1.29 is 8.42 Å². The van der Waals surface area contributed by atoms with Gasteiger partial charge in [0.15, 0.2) is 0 Å². The van der Waals surface area contributed by atoms with Gasteiger partial charge in [-0.2, -0.15) is 0 Å². The molecule has 0 unspecified atom stereocenters. The summed E-state index contributed by atoms with van der Waals surface area (Å²) in [6.07, 6.45) is 0. The quantitative estimate of drug-likeness (QED) is 0.863. The van der Waals surface area contributed by atoms with Crippen LogP contribution in [0, 0.1) is 0 Å². The van der Waals surface area contributed by atoms with Crippen LogP contribution in [0.2, 0.25) is 5.02 Å². The molecule has 1 aromatic carbocycles. The maximum absolute atomic E-state index is 11.2. The Morgan fingerprint density at radius 2 is 2.06 bits per heavy atom. The molecule has 0 aliphatic carbocycles. The molecule has 1 aromatic rings. The van der Waals surface area contributed by atoms with Crippen molar-refractivity contribution in [3.8, 4) is 0 Å². The van der Waals surface area contributed by atoms with Crippen LogP contribution < -0.4 is 10.5 Å². The summed E-state index contributed by atoms with van der Waals surface area (Å²) >= 11 is 5.76. The molecule has 0 bridgehead atoms. The minimum Gasteiger partial charge on any atom is -0.310 e. The number of primary sulfonamides is 1. The average molecular weight is 263 g/mol. The molecule has 6 heteroatoms. The molecule has 0 saturated carbocycles. The fourth-order valence-corrected chi connectivity index (χ4v) is 2.29. The third-order valence-corrected chi connectivity index (χ3v) is 3.41. The summed E-state index contributed by atoms with van der Waals surface area (Å²) in [6, 6.07) is 5.13. The van der Waals surface area contributed by atoms with Gasteiger partial charge < -0.3 is 5.32 Å². The Hall–Kier alpha value is -0.620. The van der Waals surface area contributed by atoms with Crippen LogP contribution in [0.5, 0.6) is 0 Å². The maximum Gasteiger partial charge on any atom is 0.239 e. The summed E-state index contributed by atoms with van der Waals surface area (Å²) in [5.41, 5.74) is 0.835. The van der Waals surface area contributed by atoms with Crippen LogP contribution in [0.4, 0.5) is 0 Å². The monoisotopic (exact) mass is 262 g/mol. The number of nitrogens with one attached hydrogen (secondary N) is 1. The third-order valence-electron chi connectivity index (χ3n) is 2.02. The molecule has 1 rings (SSSR count). The van der Waals surface area contributed by atoms with E-state index < -0.39 is 10.0 Å². The lowest BCUT2D eigenvalue weighted by molar-refractivity contribution is 0.586. The zero-order chi connectivity index (χ0) is 12.3. The van der Waals surface area contributed by atoms with E-state index in [0.29, 0.717) is 12.6 Å². The first-order chi connectivity index (χ1) is 7.30. The van der Waals surface area contributed by atoms with E-state index in [4.69, 9.17) is 16.7 Å². The zero-order valence-corrected chi connectivity index (χ0v) is 10.8. The fraction of sp³-hybridized carbons (Fsp3) is 0.400. The van der Waals surface area contributed by atoms with Gasteiger partial charge in [0.2, 0.25) is 10.0 Å². The molecule has 0 aliphatic rings. The van der Waals surface area contributed by atoms with Crippen molar-refractivity contribution in [3.05, 3.63) is 28.8 Å². The molecule has 3 N–H and O–H groups in total. The summed E-state index contributed by atoms with van der Waals surface area (Å²) in [6.45, 7) is 4.60. The lowest BCUT2D eigenvalue weighted by Crippen LogP contribution is -2.22. The Morgan fingerprint density at radius 3 is 2.56 bits per heavy atom. The first-order valence-electron chi connectivity index (χ1n) is 4.85. The number of benzene rings is 1. The molecule has 0 aliphatic heterocycles. The van der Waals surface area contributed by atoms with Gasteiger partial charge in [-0.15, -0.1) is 0 Å². The Labute approximate surface area is 101 Å². The molecule has 0 amide bonds. The van der Waals surface area contributed by atoms with Gasteiger partial charge in [-0.25, -0.2) is 13.6 Å².